The van der Waals surface area contributed by atoms with Gasteiger partial charge in [-0.15, -0.1) is 11.3 Å². The first-order chi connectivity index (χ1) is 10.5. The van der Waals surface area contributed by atoms with Gasteiger partial charge < -0.3 is 4.74 Å². The van der Waals surface area contributed by atoms with E-state index in [0.29, 0.717) is 5.13 Å². The maximum Gasteiger partial charge on any atom is 0.308 e. The lowest BCUT2D eigenvalue weighted by Crippen LogP contribution is -2.14. The summed E-state index contributed by atoms with van der Waals surface area (Å²) in [5.41, 5.74) is 1.32. The number of hydrogen-bond acceptors (Lipinski definition) is 5. The molecule has 0 saturated carbocycles. The highest BCUT2D eigenvalue weighted by molar-refractivity contribution is 7.15. The number of aromatic nitrogens is 1. The minimum atomic E-state index is -0.474. The molecule has 1 heterocycles. The Morgan fingerprint density at radius 2 is 2.05 bits per heavy atom. The largest absolute Gasteiger partial charge is 0.426 e. The zero-order chi connectivity index (χ0) is 16.1. The number of rotatable bonds is 5. The van der Waals surface area contributed by atoms with Gasteiger partial charge in [-0.2, -0.15) is 0 Å². The second-order valence-corrected chi connectivity index (χ2v) is 5.92. The molecule has 22 heavy (non-hydrogen) atoms. The molecule has 1 N–H and O–H groups in total. The third-order valence-electron chi connectivity index (χ3n) is 2.64. The van der Waals surface area contributed by atoms with E-state index < -0.39 is 5.97 Å². The number of thiazole rings is 1. The van der Waals surface area contributed by atoms with Gasteiger partial charge in [-0.25, -0.2) is 4.98 Å². The van der Waals surface area contributed by atoms with Crippen LogP contribution in [-0.2, 0) is 11.2 Å². The first-order valence-electron chi connectivity index (χ1n) is 6.63. The summed E-state index contributed by atoms with van der Waals surface area (Å²) in [6.07, 6.45) is 2.45. The topological polar surface area (TPSA) is 68.3 Å². The first-order valence-corrected chi connectivity index (χ1v) is 7.45. The van der Waals surface area contributed by atoms with E-state index in [9.17, 15) is 9.59 Å². The van der Waals surface area contributed by atoms with Gasteiger partial charge in [0.25, 0.3) is 5.91 Å². The minimum Gasteiger partial charge on any atom is -0.426 e. The van der Waals surface area contributed by atoms with Crippen molar-refractivity contribution in [3.8, 4) is 5.75 Å². The van der Waals surface area contributed by atoms with Crippen molar-refractivity contribution in [2.24, 2.45) is 0 Å². The molecule has 0 bridgehead atoms. The summed E-state index contributed by atoms with van der Waals surface area (Å²) in [5, 5.41) is 3.21. The molecule has 6 heteroatoms. The number of nitrogens with zero attached hydrogens (tertiary/aromatic N) is 1. The van der Waals surface area contributed by atoms with Gasteiger partial charge in [0.2, 0.25) is 0 Å². The fourth-order valence-corrected chi connectivity index (χ4v) is 2.73. The highest BCUT2D eigenvalue weighted by atomic mass is 32.1. The van der Waals surface area contributed by atoms with E-state index in [4.69, 9.17) is 4.74 Å². The number of carbonyl (C=O) groups is 2. The Bertz CT molecular complexity index is 722. The molecule has 1 amide bonds. The Kier molecular flexibility index (Phi) is 5.06. The number of benzene rings is 1. The van der Waals surface area contributed by atoms with E-state index in [-0.39, 0.29) is 17.2 Å². The summed E-state index contributed by atoms with van der Waals surface area (Å²) in [4.78, 5) is 28.6. The molecule has 114 valence electrons. The number of hydrogen-bond donors (Lipinski definition) is 1. The Labute approximate surface area is 132 Å². The van der Waals surface area contributed by atoms with Gasteiger partial charge in [-0.3, -0.25) is 14.9 Å². The van der Waals surface area contributed by atoms with E-state index in [2.05, 4.69) is 16.9 Å². The van der Waals surface area contributed by atoms with Crippen LogP contribution in [0.1, 0.15) is 29.1 Å². The van der Waals surface area contributed by atoms with Gasteiger partial charge in [0.1, 0.15) is 5.75 Å². The van der Waals surface area contributed by atoms with Crippen molar-refractivity contribution in [3.63, 3.8) is 0 Å². The molecular weight excluding hydrogens is 300 g/mol. The predicted octanol–water partition coefficient (Wildman–Crippen LogP) is 3.44. The second-order valence-electron chi connectivity index (χ2n) is 4.81. The van der Waals surface area contributed by atoms with Gasteiger partial charge in [0.15, 0.2) is 5.13 Å². The fourth-order valence-electron chi connectivity index (χ4n) is 1.81. The van der Waals surface area contributed by atoms with E-state index in [1.165, 1.54) is 18.3 Å². The van der Waals surface area contributed by atoms with Crippen molar-refractivity contribution in [1.29, 1.82) is 0 Å². The third-order valence-corrected chi connectivity index (χ3v) is 3.55. The number of para-hydroxylation sites is 1. The van der Waals surface area contributed by atoms with Crippen LogP contribution in [0, 0.1) is 0 Å². The Morgan fingerprint density at radius 3 is 2.73 bits per heavy atom. The van der Waals surface area contributed by atoms with Gasteiger partial charge in [0, 0.05) is 24.4 Å². The SMILES string of the molecule is C=C(C)Cc1cnc(NC(=O)c2ccccc2OC(C)=O)s1. The molecule has 0 radical (unpaired) electrons. The lowest BCUT2D eigenvalue weighted by molar-refractivity contribution is -0.131. The van der Waals surface area contributed by atoms with Crippen molar-refractivity contribution >= 4 is 28.3 Å². The molecule has 1 aromatic heterocycles. The standard InChI is InChI=1S/C16H16N2O3S/c1-10(2)8-12-9-17-16(22-12)18-15(20)13-6-4-5-7-14(13)21-11(3)19/h4-7,9H,1,8H2,2-3H3,(H,17,18,20). The van der Waals surface area contributed by atoms with Crippen molar-refractivity contribution < 1.29 is 14.3 Å². The molecule has 0 fully saturated rings. The Balaban J connectivity index is 2.14. The number of amides is 1. The summed E-state index contributed by atoms with van der Waals surface area (Å²) in [5.74, 6) is -0.613. The molecule has 0 aliphatic carbocycles. The molecule has 2 aromatic rings. The monoisotopic (exact) mass is 316 g/mol. The Hall–Kier alpha value is -2.47. The first kappa shape index (κ1) is 15.9. The van der Waals surface area contributed by atoms with Gasteiger partial charge >= 0.3 is 5.97 Å². The van der Waals surface area contributed by atoms with Gasteiger partial charge in [-0.05, 0) is 19.1 Å². The molecule has 5 nitrogen and oxygen atoms in total. The average molecular weight is 316 g/mol. The summed E-state index contributed by atoms with van der Waals surface area (Å²) < 4.78 is 5.03. The van der Waals surface area contributed by atoms with Crippen LogP contribution in [0.3, 0.4) is 0 Å². The van der Waals surface area contributed by atoms with Crippen LogP contribution < -0.4 is 10.1 Å². The lowest BCUT2D eigenvalue weighted by Gasteiger charge is -2.07. The predicted molar refractivity (Wildman–Crippen MR) is 86.3 cm³/mol. The van der Waals surface area contributed by atoms with Crippen LogP contribution in [0.15, 0.2) is 42.6 Å². The van der Waals surface area contributed by atoms with Crippen LogP contribution >= 0.6 is 11.3 Å². The highest BCUT2D eigenvalue weighted by Gasteiger charge is 2.15. The fraction of sp³-hybridized carbons (Fsp3) is 0.188. The van der Waals surface area contributed by atoms with Crippen LogP contribution in [0.25, 0.3) is 0 Å². The second kappa shape index (κ2) is 7.00. The molecule has 2 rings (SSSR count). The van der Waals surface area contributed by atoms with E-state index in [1.54, 1.807) is 30.5 Å². The molecule has 0 aliphatic rings. The van der Waals surface area contributed by atoms with Crippen molar-refractivity contribution in [1.82, 2.24) is 4.98 Å². The highest BCUT2D eigenvalue weighted by Crippen LogP contribution is 2.23. The van der Waals surface area contributed by atoms with Crippen LogP contribution in [-0.4, -0.2) is 16.9 Å². The van der Waals surface area contributed by atoms with Crippen molar-refractivity contribution in [3.05, 3.63) is 53.1 Å². The summed E-state index contributed by atoms with van der Waals surface area (Å²) in [7, 11) is 0. The number of allylic oxidation sites excluding steroid dienone is 1. The molecule has 1 aromatic carbocycles. The van der Waals surface area contributed by atoms with E-state index >= 15 is 0 Å². The third kappa shape index (κ3) is 4.26. The molecule has 0 unspecified atom stereocenters. The summed E-state index contributed by atoms with van der Waals surface area (Å²) >= 11 is 1.39. The molecular formula is C16H16N2O3S. The van der Waals surface area contributed by atoms with E-state index in [1.807, 2.05) is 6.92 Å². The van der Waals surface area contributed by atoms with Gasteiger partial charge in [0.05, 0.1) is 5.56 Å². The minimum absolute atomic E-state index is 0.228. The van der Waals surface area contributed by atoms with E-state index in [0.717, 1.165) is 16.9 Å². The van der Waals surface area contributed by atoms with Crippen LogP contribution in [0.4, 0.5) is 5.13 Å². The normalized spacial score (nSPS) is 10.1. The number of anilines is 1. The average Bonchev–Trinajstić information content (AvgIpc) is 2.84. The number of carbonyl (C=O) groups excluding carboxylic acids is 2. The summed E-state index contributed by atoms with van der Waals surface area (Å²) in [6.45, 7) is 7.08. The smallest absolute Gasteiger partial charge is 0.308 e. The molecule has 0 atom stereocenters. The number of ether oxygens (including phenoxy) is 1. The number of nitrogens with one attached hydrogen (secondary N) is 1. The quantitative estimate of drug-likeness (QED) is 0.521. The molecule has 0 aliphatic heterocycles. The Morgan fingerprint density at radius 1 is 1.32 bits per heavy atom. The van der Waals surface area contributed by atoms with Crippen molar-refractivity contribution in [2.75, 3.05) is 5.32 Å². The van der Waals surface area contributed by atoms with Crippen LogP contribution in [0.5, 0.6) is 5.75 Å². The molecule has 0 saturated heterocycles. The number of esters is 1. The zero-order valence-corrected chi connectivity index (χ0v) is 13.2. The van der Waals surface area contributed by atoms with Crippen LogP contribution in [0.2, 0.25) is 0 Å². The van der Waals surface area contributed by atoms with Gasteiger partial charge in [-0.1, -0.05) is 24.3 Å². The zero-order valence-electron chi connectivity index (χ0n) is 12.4. The lowest BCUT2D eigenvalue weighted by atomic mass is 10.2. The maximum absolute atomic E-state index is 12.3. The summed E-state index contributed by atoms with van der Waals surface area (Å²) in [6, 6.07) is 6.57. The van der Waals surface area contributed by atoms with Crippen molar-refractivity contribution in [2.45, 2.75) is 20.3 Å². The maximum atomic E-state index is 12.3. The molecule has 0 spiro atoms.